The molecular weight excluding hydrogens is 264 g/mol. The fourth-order valence-electron chi connectivity index (χ4n) is 1.83. The van der Waals surface area contributed by atoms with Crippen LogP contribution in [0.15, 0.2) is 29.6 Å². The number of nitrogens with zero attached hydrogens (tertiary/aromatic N) is 1. The molecule has 1 N–H and O–H groups in total. The molecule has 1 aromatic heterocycles. The van der Waals surface area contributed by atoms with Crippen LogP contribution in [0.25, 0.3) is 0 Å². The van der Waals surface area contributed by atoms with Crippen LogP contribution in [-0.2, 0) is 13.0 Å². The van der Waals surface area contributed by atoms with Crippen LogP contribution < -0.4 is 5.32 Å². The Morgan fingerprint density at radius 2 is 2.17 bits per heavy atom. The van der Waals surface area contributed by atoms with Crippen molar-refractivity contribution in [2.75, 3.05) is 0 Å². The van der Waals surface area contributed by atoms with E-state index in [1.54, 1.807) is 11.3 Å². The van der Waals surface area contributed by atoms with E-state index < -0.39 is 0 Å². The van der Waals surface area contributed by atoms with Gasteiger partial charge >= 0.3 is 0 Å². The maximum Gasteiger partial charge on any atom is 0.0897 e. The van der Waals surface area contributed by atoms with Crippen LogP contribution in [0.4, 0.5) is 0 Å². The fourth-order valence-corrected chi connectivity index (χ4v) is 2.66. The third-order valence-electron chi connectivity index (χ3n) is 2.78. The van der Waals surface area contributed by atoms with E-state index in [0.29, 0.717) is 6.04 Å². The Bertz CT molecular complexity index is 510. The molecule has 0 bridgehead atoms. The summed E-state index contributed by atoms with van der Waals surface area (Å²) in [6.07, 6.45) is 0.933. The van der Waals surface area contributed by atoms with Crippen LogP contribution in [-0.4, -0.2) is 11.0 Å². The smallest absolute Gasteiger partial charge is 0.0897 e. The molecule has 2 rings (SSSR count). The SMILES string of the molecule is Cc1nc(CNC(C)Cc2ccccc2Cl)cs1. The van der Waals surface area contributed by atoms with Gasteiger partial charge in [0.25, 0.3) is 0 Å². The maximum atomic E-state index is 6.15. The van der Waals surface area contributed by atoms with Gasteiger partial charge in [-0.05, 0) is 31.9 Å². The van der Waals surface area contributed by atoms with Gasteiger partial charge in [-0.1, -0.05) is 29.8 Å². The Labute approximate surface area is 117 Å². The molecule has 1 heterocycles. The van der Waals surface area contributed by atoms with E-state index in [0.717, 1.165) is 28.7 Å². The van der Waals surface area contributed by atoms with Gasteiger partial charge < -0.3 is 5.32 Å². The molecule has 2 aromatic rings. The van der Waals surface area contributed by atoms with Gasteiger partial charge in [0, 0.05) is 23.0 Å². The summed E-state index contributed by atoms with van der Waals surface area (Å²) in [7, 11) is 0. The second-order valence-electron chi connectivity index (χ2n) is 4.44. The Kier molecular flexibility index (Phi) is 4.75. The Hall–Kier alpha value is -0.900. The third-order valence-corrected chi connectivity index (χ3v) is 3.97. The van der Waals surface area contributed by atoms with Crippen molar-refractivity contribution in [3.05, 3.63) is 50.9 Å². The number of aromatic nitrogens is 1. The lowest BCUT2D eigenvalue weighted by atomic mass is 10.1. The zero-order valence-corrected chi connectivity index (χ0v) is 12.2. The van der Waals surface area contributed by atoms with Gasteiger partial charge in [-0.3, -0.25) is 0 Å². The molecule has 0 fully saturated rings. The van der Waals surface area contributed by atoms with Crippen molar-refractivity contribution in [2.45, 2.75) is 32.9 Å². The number of nitrogens with one attached hydrogen (secondary N) is 1. The standard InChI is InChI=1S/C14H17ClN2S/c1-10(7-12-5-3-4-6-14(12)15)16-8-13-9-18-11(2)17-13/h3-6,9-10,16H,7-8H2,1-2H3. The fraction of sp³-hybridized carbons (Fsp3) is 0.357. The van der Waals surface area contributed by atoms with Crippen molar-refractivity contribution in [2.24, 2.45) is 0 Å². The highest BCUT2D eigenvalue weighted by atomic mass is 35.5. The number of rotatable bonds is 5. The molecule has 1 atom stereocenters. The molecule has 0 saturated heterocycles. The summed E-state index contributed by atoms with van der Waals surface area (Å²) in [6.45, 7) is 5.01. The molecule has 0 saturated carbocycles. The van der Waals surface area contributed by atoms with Gasteiger partial charge in [-0.2, -0.15) is 0 Å². The van der Waals surface area contributed by atoms with Crippen LogP contribution >= 0.6 is 22.9 Å². The predicted molar refractivity (Wildman–Crippen MR) is 78.3 cm³/mol. The lowest BCUT2D eigenvalue weighted by Crippen LogP contribution is -2.27. The Balaban J connectivity index is 1.85. The molecule has 1 unspecified atom stereocenters. The normalized spacial score (nSPS) is 12.6. The number of hydrogen-bond acceptors (Lipinski definition) is 3. The minimum absolute atomic E-state index is 0.381. The molecule has 0 aliphatic carbocycles. The number of aryl methyl sites for hydroxylation is 1. The molecule has 0 radical (unpaired) electrons. The first-order chi connectivity index (χ1) is 8.65. The van der Waals surface area contributed by atoms with Gasteiger partial charge in [0.1, 0.15) is 0 Å². The first-order valence-electron chi connectivity index (χ1n) is 6.03. The van der Waals surface area contributed by atoms with E-state index in [-0.39, 0.29) is 0 Å². The maximum absolute atomic E-state index is 6.15. The van der Waals surface area contributed by atoms with Crippen LogP contribution in [0.1, 0.15) is 23.2 Å². The molecule has 2 nitrogen and oxygen atoms in total. The average molecular weight is 281 g/mol. The van der Waals surface area contributed by atoms with E-state index >= 15 is 0 Å². The van der Waals surface area contributed by atoms with E-state index in [4.69, 9.17) is 11.6 Å². The van der Waals surface area contributed by atoms with Crippen LogP contribution in [0, 0.1) is 6.92 Å². The van der Waals surface area contributed by atoms with E-state index in [1.807, 2.05) is 25.1 Å². The van der Waals surface area contributed by atoms with Gasteiger partial charge in [-0.15, -0.1) is 11.3 Å². The van der Waals surface area contributed by atoms with Gasteiger partial charge in [0.05, 0.1) is 10.7 Å². The van der Waals surface area contributed by atoms with E-state index in [2.05, 4.69) is 28.7 Å². The molecule has 0 aliphatic heterocycles. The summed E-state index contributed by atoms with van der Waals surface area (Å²) < 4.78 is 0. The molecule has 96 valence electrons. The molecule has 18 heavy (non-hydrogen) atoms. The number of thiazole rings is 1. The zero-order chi connectivity index (χ0) is 13.0. The quantitative estimate of drug-likeness (QED) is 0.900. The topological polar surface area (TPSA) is 24.9 Å². The Morgan fingerprint density at radius 3 is 2.83 bits per heavy atom. The third kappa shape index (κ3) is 3.80. The van der Waals surface area contributed by atoms with E-state index in [1.165, 1.54) is 5.56 Å². The predicted octanol–water partition coefficient (Wildman–Crippen LogP) is 3.83. The van der Waals surface area contributed by atoms with Crippen molar-refractivity contribution >= 4 is 22.9 Å². The van der Waals surface area contributed by atoms with Crippen LogP contribution in [0.3, 0.4) is 0 Å². The summed E-state index contributed by atoms with van der Waals surface area (Å²) in [4.78, 5) is 4.44. The minimum atomic E-state index is 0.381. The average Bonchev–Trinajstić information content (AvgIpc) is 2.76. The summed E-state index contributed by atoms with van der Waals surface area (Å²) in [5.74, 6) is 0. The van der Waals surface area contributed by atoms with Crippen molar-refractivity contribution < 1.29 is 0 Å². The molecule has 0 aliphatic rings. The number of hydrogen-bond donors (Lipinski definition) is 1. The molecular formula is C14H17ClN2S. The minimum Gasteiger partial charge on any atom is -0.308 e. The van der Waals surface area contributed by atoms with Crippen molar-refractivity contribution in [1.82, 2.24) is 10.3 Å². The zero-order valence-electron chi connectivity index (χ0n) is 10.6. The van der Waals surface area contributed by atoms with Crippen LogP contribution in [0.5, 0.6) is 0 Å². The summed E-state index contributed by atoms with van der Waals surface area (Å²) in [5, 5.41) is 7.53. The molecule has 0 spiro atoms. The summed E-state index contributed by atoms with van der Waals surface area (Å²) in [5.41, 5.74) is 2.30. The van der Waals surface area contributed by atoms with Crippen molar-refractivity contribution in [3.63, 3.8) is 0 Å². The van der Waals surface area contributed by atoms with Gasteiger partial charge in [0.15, 0.2) is 0 Å². The highest BCUT2D eigenvalue weighted by molar-refractivity contribution is 7.09. The van der Waals surface area contributed by atoms with Crippen molar-refractivity contribution in [3.8, 4) is 0 Å². The largest absolute Gasteiger partial charge is 0.308 e. The highest BCUT2D eigenvalue weighted by Crippen LogP contribution is 2.16. The molecule has 1 aromatic carbocycles. The van der Waals surface area contributed by atoms with Gasteiger partial charge in [-0.25, -0.2) is 4.98 Å². The molecule has 4 heteroatoms. The monoisotopic (exact) mass is 280 g/mol. The lowest BCUT2D eigenvalue weighted by molar-refractivity contribution is 0.541. The molecule has 0 amide bonds. The van der Waals surface area contributed by atoms with Crippen molar-refractivity contribution in [1.29, 1.82) is 0 Å². The summed E-state index contributed by atoms with van der Waals surface area (Å²) in [6, 6.07) is 8.38. The highest BCUT2D eigenvalue weighted by Gasteiger charge is 2.07. The first kappa shape index (κ1) is 13.5. The lowest BCUT2D eigenvalue weighted by Gasteiger charge is -2.13. The Morgan fingerprint density at radius 1 is 1.39 bits per heavy atom. The van der Waals surface area contributed by atoms with Gasteiger partial charge in [0.2, 0.25) is 0 Å². The number of halogens is 1. The number of benzene rings is 1. The second-order valence-corrected chi connectivity index (χ2v) is 5.90. The van der Waals surface area contributed by atoms with Crippen LogP contribution in [0.2, 0.25) is 5.02 Å². The second kappa shape index (κ2) is 6.32. The first-order valence-corrected chi connectivity index (χ1v) is 7.28. The summed E-state index contributed by atoms with van der Waals surface area (Å²) >= 11 is 7.84. The van der Waals surface area contributed by atoms with E-state index in [9.17, 15) is 0 Å².